The van der Waals surface area contributed by atoms with Crippen LogP contribution < -0.4 is 5.32 Å². The maximum Gasteiger partial charge on any atom is 0.267 e. The summed E-state index contributed by atoms with van der Waals surface area (Å²) in [5, 5.41) is 11.2. The Morgan fingerprint density at radius 3 is 2.67 bits per heavy atom. The lowest BCUT2D eigenvalue weighted by Gasteiger charge is -2.14. The molecule has 0 aliphatic heterocycles. The zero-order valence-electron chi connectivity index (χ0n) is 10.5. The first-order valence-corrected chi connectivity index (χ1v) is 6.74. The Hall–Kier alpha value is -1.38. The van der Waals surface area contributed by atoms with Crippen molar-refractivity contribution in [3.8, 4) is 0 Å². The van der Waals surface area contributed by atoms with Crippen LogP contribution in [0.25, 0.3) is 0 Å². The van der Waals surface area contributed by atoms with Gasteiger partial charge >= 0.3 is 0 Å². The third-order valence-corrected chi connectivity index (χ3v) is 4.38. The summed E-state index contributed by atoms with van der Waals surface area (Å²) in [6.07, 6.45) is 1.37. The van der Waals surface area contributed by atoms with E-state index in [9.17, 15) is 13.2 Å². The van der Waals surface area contributed by atoms with Crippen LogP contribution in [0.3, 0.4) is 0 Å². The molecule has 0 radical (unpaired) electrons. The van der Waals surface area contributed by atoms with Crippen molar-refractivity contribution in [1.29, 1.82) is 0 Å². The molecule has 1 aromatic heterocycles. The normalized spacial score (nSPS) is 11.8. The Kier molecular flexibility index (Phi) is 4.49. The van der Waals surface area contributed by atoms with Gasteiger partial charge in [0.2, 0.25) is 10.0 Å². The van der Waals surface area contributed by atoms with Gasteiger partial charge in [0.25, 0.3) is 5.91 Å². The molecule has 0 bridgehead atoms. The second-order valence-corrected chi connectivity index (χ2v) is 5.85. The molecule has 18 heavy (non-hydrogen) atoms. The van der Waals surface area contributed by atoms with Gasteiger partial charge in [-0.15, -0.1) is 0 Å². The Labute approximate surface area is 106 Å². The highest BCUT2D eigenvalue weighted by Gasteiger charge is 2.24. The van der Waals surface area contributed by atoms with Gasteiger partial charge < -0.3 is 15.0 Å². The van der Waals surface area contributed by atoms with E-state index in [0.717, 1.165) is 4.31 Å². The molecule has 7 nitrogen and oxygen atoms in total. The quantitative estimate of drug-likeness (QED) is 0.721. The van der Waals surface area contributed by atoms with Gasteiger partial charge in [0.1, 0.15) is 10.6 Å². The number of amides is 1. The number of sulfonamides is 1. The minimum absolute atomic E-state index is 0.00648. The van der Waals surface area contributed by atoms with Gasteiger partial charge in [-0.3, -0.25) is 4.79 Å². The minimum atomic E-state index is -3.67. The van der Waals surface area contributed by atoms with E-state index in [2.05, 4.69) is 5.32 Å². The van der Waals surface area contributed by atoms with Crippen LogP contribution in [-0.4, -0.2) is 55.6 Å². The van der Waals surface area contributed by atoms with E-state index in [1.54, 1.807) is 7.05 Å². The van der Waals surface area contributed by atoms with Crippen LogP contribution in [0, 0.1) is 0 Å². The van der Waals surface area contributed by atoms with Gasteiger partial charge in [-0.2, -0.15) is 4.31 Å². The predicted octanol–water partition coefficient (Wildman–Crippen LogP) is -1.00. The van der Waals surface area contributed by atoms with Crippen molar-refractivity contribution in [3.63, 3.8) is 0 Å². The first kappa shape index (κ1) is 14.7. The first-order chi connectivity index (χ1) is 8.34. The second-order valence-electron chi connectivity index (χ2n) is 3.80. The van der Waals surface area contributed by atoms with Crippen molar-refractivity contribution in [2.24, 2.45) is 7.05 Å². The largest absolute Gasteiger partial charge is 0.395 e. The number of carbonyl (C=O) groups excluding carboxylic acids is 1. The fraction of sp³-hybridized carbons (Fsp3) is 0.500. The topological polar surface area (TPSA) is 91.6 Å². The summed E-state index contributed by atoms with van der Waals surface area (Å²) in [6, 6.07) is 1.31. The number of hydrogen-bond donors (Lipinski definition) is 2. The number of aromatic nitrogens is 1. The molecule has 0 unspecified atom stereocenters. The van der Waals surface area contributed by atoms with Crippen LogP contribution in [0.2, 0.25) is 0 Å². The molecular weight excluding hydrogens is 258 g/mol. The van der Waals surface area contributed by atoms with Crippen molar-refractivity contribution in [3.05, 3.63) is 18.0 Å². The summed E-state index contributed by atoms with van der Waals surface area (Å²) < 4.78 is 26.6. The number of carbonyl (C=O) groups is 1. The summed E-state index contributed by atoms with van der Waals surface area (Å²) in [5.74, 6) is -0.358. The van der Waals surface area contributed by atoms with E-state index in [1.807, 2.05) is 0 Å². The maximum atomic E-state index is 12.1. The Morgan fingerprint density at radius 2 is 2.17 bits per heavy atom. The van der Waals surface area contributed by atoms with Gasteiger partial charge in [0, 0.05) is 33.9 Å². The minimum Gasteiger partial charge on any atom is -0.395 e. The molecular formula is C10H17N3O4S. The van der Waals surface area contributed by atoms with E-state index >= 15 is 0 Å². The molecule has 1 amide bonds. The molecule has 0 saturated heterocycles. The van der Waals surface area contributed by atoms with Crippen molar-refractivity contribution in [2.45, 2.75) is 4.90 Å². The van der Waals surface area contributed by atoms with Crippen LogP contribution in [-0.2, 0) is 17.1 Å². The summed E-state index contributed by atoms with van der Waals surface area (Å²) in [5.41, 5.74) is 0.258. The molecule has 1 aromatic rings. The average Bonchev–Trinajstić information content (AvgIpc) is 2.71. The summed E-state index contributed by atoms with van der Waals surface area (Å²) in [4.78, 5) is 11.5. The van der Waals surface area contributed by atoms with E-state index in [1.165, 1.54) is 30.9 Å². The van der Waals surface area contributed by atoms with Crippen LogP contribution in [0.5, 0.6) is 0 Å². The smallest absolute Gasteiger partial charge is 0.267 e. The molecule has 0 atom stereocenters. The predicted molar refractivity (Wildman–Crippen MR) is 65.7 cm³/mol. The van der Waals surface area contributed by atoms with Crippen LogP contribution in [0.15, 0.2) is 17.2 Å². The molecule has 102 valence electrons. The third kappa shape index (κ3) is 2.71. The number of nitrogens with one attached hydrogen (secondary N) is 1. The number of likely N-dealkylation sites (N-methyl/N-ethyl adjacent to an activating group) is 1. The lowest BCUT2D eigenvalue weighted by molar-refractivity contribution is 0.0955. The Balaban J connectivity index is 3.15. The molecule has 1 rings (SSSR count). The molecule has 8 heteroatoms. The van der Waals surface area contributed by atoms with E-state index in [4.69, 9.17) is 5.11 Å². The standard InChI is InChI=1S/C10H17N3O4S/c1-11-10(15)9-6-8(7-12(9)2)18(16,17)13(3)4-5-14/h6-7,14H,4-5H2,1-3H3,(H,11,15). The second kappa shape index (κ2) is 5.51. The molecule has 2 N–H and O–H groups in total. The Bertz CT molecular complexity index is 535. The van der Waals surface area contributed by atoms with Gasteiger partial charge in [-0.05, 0) is 6.07 Å². The van der Waals surface area contributed by atoms with E-state index in [-0.39, 0.29) is 29.6 Å². The van der Waals surface area contributed by atoms with Crippen molar-refractivity contribution in [1.82, 2.24) is 14.2 Å². The summed E-state index contributed by atoms with van der Waals surface area (Å²) >= 11 is 0. The molecule has 0 saturated carbocycles. The molecule has 0 spiro atoms. The highest BCUT2D eigenvalue weighted by atomic mass is 32.2. The van der Waals surface area contributed by atoms with Gasteiger partial charge in [-0.1, -0.05) is 0 Å². The molecule has 0 aromatic carbocycles. The van der Waals surface area contributed by atoms with Gasteiger partial charge in [-0.25, -0.2) is 8.42 Å². The molecule has 0 aliphatic rings. The SMILES string of the molecule is CNC(=O)c1cc(S(=O)(=O)N(C)CCO)cn1C. The summed E-state index contributed by atoms with van der Waals surface area (Å²) in [6.45, 7) is -0.253. The van der Waals surface area contributed by atoms with Gasteiger partial charge in [0.15, 0.2) is 0 Å². The first-order valence-electron chi connectivity index (χ1n) is 5.30. The van der Waals surface area contributed by atoms with Crippen molar-refractivity contribution >= 4 is 15.9 Å². The third-order valence-electron chi connectivity index (χ3n) is 2.56. The number of nitrogens with zero attached hydrogens (tertiary/aromatic N) is 2. The lowest BCUT2D eigenvalue weighted by atomic mass is 10.4. The summed E-state index contributed by atoms with van der Waals surface area (Å²) in [7, 11) is 0.768. The highest BCUT2D eigenvalue weighted by molar-refractivity contribution is 7.89. The average molecular weight is 275 g/mol. The number of hydrogen-bond acceptors (Lipinski definition) is 4. The monoisotopic (exact) mass is 275 g/mol. The Morgan fingerprint density at radius 1 is 1.56 bits per heavy atom. The molecule has 1 heterocycles. The van der Waals surface area contributed by atoms with Crippen LogP contribution in [0.1, 0.15) is 10.5 Å². The number of aryl methyl sites for hydroxylation is 1. The lowest BCUT2D eigenvalue weighted by Crippen LogP contribution is -2.29. The van der Waals surface area contributed by atoms with Gasteiger partial charge in [0.05, 0.1) is 6.61 Å². The van der Waals surface area contributed by atoms with E-state index in [0.29, 0.717) is 0 Å². The van der Waals surface area contributed by atoms with Crippen molar-refractivity contribution < 1.29 is 18.3 Å². The number of aliphatic hydroxyl groups is 1. The molecule has 0 fully saturated rings. The van der Waals surface area contributed by atoms with Crippen LogP contribution in [0.4, 0.5) is 0 Å². The highest BCUT2D eigenvalue weighted by Crippen LogP contribution is 2.17. The number of aliphatic hydroxyl groups excluding tert-OH is 1. The van der Waals surface area contributed by atoms with E-state index < -0.39 is 10.0 Å². The number of rotatable bonds is 5. The van der Waals surface area contributed by atoms with Crippen LogP contribution >= 0.6 is 0 Å². The fourth-order valence-corrected chi connectivity index (χ4v) is 2.70. The van der Waals surface area contributed by atoms with Crippen molar-refractivity contribution in [2.75, 3.05) is 27.2 Å². The fourth-order valence-electron chi connectivity index (χ4n) is 1.47. The zero-order valence-corrected chi connectivity index (χ0v) is 11.4. The maximum absolute atomic E-state index is 12.1. The zero-order chi connectivity index (χ0) is 13.9. The molecule has 0 aliphatic carbocycles.